The molecule has 0 N–H and O–H groups in total. The molecule has 4 rings (SSSR count). The number of aromatic nitrogens is 1. The third-order valence-corrected chi connectivity index (χ3v) is 5.19. The number of nitrogens with zero attached hydrogens (tertiary/aromatic N) is 2. The van der Waals surface area contributed by atoms with E-state index in [9.17, 15) is 0 Å². The Morgan fingerprint density at radius 3 is 2.27 bits per heavy atom. The van der Waals surface area contributed by atoms with Gasteiger partial charge in [0.05, 0.1) is 18.3 Å². The number of likely N-dealkylation sites (N-methyl/N-ethyl adjacent to an activating group) is 1. The van der Waals surface area contributed by atoms with Gasteiger partial charge in [-0.1, -0.05) is 58.0 Å². The molecule has 1 aliphatic heterocycles. The van der Waals surface area contributed by atoms with E-state index in [1.807, 2.05) is 64.1 Å². The summed E-state index contributed by atoms with van der Waals surface area (Å²) in [5.41, 5.74) is 2.89. The molecule has 1 aromatic heterocycles. The number of benzene rings is 2. The largest absolute Gasteiger partial charge is 0.497 e. The molecule has 1 saturated heterocycles. The van der Waals surface area contributed by atoms with Crippen molar-refractivity contribution in [3.05, 3.63) is 54.6 Å². The number of rotatable bonds is 4. The molecule has 0 spiro atoms. The summed E-state index contributed by atoms with van der Waals surface area (Å²) >= 11 is 0. The van der Waals surface area contributed by atoms with Gasteiger partial charge < -0.3 is 9.47 Å². The third kappa shape index (κ3) is 5.51. The fourth-order valence-corrected chi connectivity index (χ4v) is 3.56. The van der Waals surface area contributed by atoms with Crippen molar-refractivity contribution in [2.24, 2.45) is 0 Å². The Morgan fingerprint density at radius 1 is 0.967 bits per heavy atom. The van der Waals surface area contributed by atoms with Crippen molar-refractivity contribution in [3.63, 3.8) is 0 Å². The number of pyridine rings is 1. The predicted octanol–water partition coefficient (Wildman–Crippen LogP) is 6.43. The summed E-state index contributed by atoms with van der Waals surface area (Å²) in [6, 6.07) is 18.8. The number of hydrogen-bond donors (Lipinski definition) is 0. The normalized spacial score (nSPS) is 18.1. The first-order valence-corrected chi connectivity index (χ1v) is 11.0. The Balaban J connectivity index is 0.000000757. The molecule has 2 unspecified atom stereocenters. The fourth-order valence-electron chi connectivity index (χ4n) is 3.56. The van der Waals surface area contributed by atoms with Gasteiger partial charge >= 0.3 is 0 Å². The van der Waals surface area contributed by atoms with Gasteiger partial charge in [-0.2, -0.15) is 0 Å². The van der Waals surface area contributed by atoms with E-state index in [0.717, 1.165) is 46.6 Å². The average molecular weight is 409 g/mol. The van der Waals surface area contributed by atoms with Crippen molar-refractivity contribution < 1.29 is 9.47 Å². The Hall–Kier alpha value is -2.59. The molecule has 4 nitrogen and oxygen atoms in total. The summed E-state index contributed by atoms with van der Waals surface area (Å²) in [6.07, 6.45) is 1.24. The quantitative estimate of drug-likeness (QED) is 0.498. The van der Waals surface area contributed by atoms with Crippen LogP contribution in [0.15, 0.2) is 54.6 Å². The number of likely N-dealkylation sites (tertiary alicyclic amines) is 1. The van der Waals surface area contributed by atoms with Crippen LogP contribution in [0.1, 0.15) is 41.0 Å². The molecule has 2 atom stereocenters. The Bertz CT molecular complexity index is 902. The summed E-state index contributed by atoms with van der Waals surface area (Å²) in [6.45, 7) is 11.2. The second-order valence-electron chi connectivity index (χ2n) is 7.02. The van der Waals surface area contributed by atoms with Gasteiger partial charge in [-0.15, -0.1) is 0 Å². The standard InChI is InChI=1S/C22H24N2O2.2C2H6/c1-15-11-18(14-24(15)2)26-22-13-20(16-7-5-4-6-8-16)23-21-12-17(25-3)9-10-19(21)22;2*1-2/h4-10,12-13,15,18H,11,14H2,1-3H3;2*1-2H3. The average Bonchev–Trinajstić information content (AvgIpc) is 3.13. The maximum atomic E-state index is 6.44. The van der Waals surface area contributed by atoms with Gasteiger partial charge in [0.15, 0.2) is 0 Å². The Labute approximate surface area is 181 Å². The Morgan fingerprint density at radius 2 is 1.67 bits per heavy atom. The van der Waals surface area contributed by atoms with E-state index >= 15 is 0 Å². The van der Waals surface area contributed by atoms with Crippen LogP contribution < -0.4 is 9.47 Å². The summed E-state index contributed by atoms with van der Waals surface area (Å²) in [4.78, 5) is 7.19. The van der Waals surface area contributed by atoms with E-state index in [0.29, 0.717) is 6.04 Å². The molecule has 0 aliphatic carbocycles. The Kier molecular flexibility index (Phi) is 9.13. The highest BCUT2D eigenvalue weighted by molar-refractivity contribution is 5.89. The SMILES string of the molecule is CC.CC.COc1ccc2c(OC3CC(C)N(C)C3)cc(-c3ccccc3)nc2c1. The zero-order valence-electron chi connectivity index (χ0n) is 19.5. The smallest absolute Gasteiger partial charge is 0.131 e. The number of ether oxygens (including phenoxy) is 2. The van der Waals surface area contributed by atoms with Gasteiger partial charge in [0.2, 0.25) is 0 Å². The minimum atomic E-state index is 0.200. The second kappa shape index (κ2) is 11.6. The molecule has 0 bridgehead atoms. The highest BCUT2D eigenvalue weighted by Gasteiger charge is 2.28. The van der Waals surface area contributed by atoms with Crippen LogP contribution in [0.5, 0.6) is 11.5 Å². The zero-order chi connectivity index (χ0) is 22.1. The minimum Gasteiger partial charge on any atom is -0.497 e. The van der Waals surface area contributed by atoms with E-state index in [2.05, 4.69) is 37.1 Å². The van der Waals surface area contributed by atoms with E-state index in [1.54, 1.807) is 7.11 Å². The highest BCUT2D eigenvalue weighted by Crippen LogP contribution is 2.34. The van der Waals surface area contributed by atoms with Gasteiger partial charge in [-0.25, -0.2) is 4.98 Å². The zero-order valence-corrected chi connectivity index (χ0v) is 19.5. The minimum absolute atomic E-state index is 0.200. The van der Waals surface area contributed by atoms with E-state index < -0.39 is 0 Å². The summed E-state index contributed by atoms with van der Waals surface area (Å²) in [5.74, 6) is 1.69. The van der Waals surface area contributed by atoms with Crippen LogP contribution in [-0.4, -0.2) is 42.7 Å². The predicted molar refractivity (Wildman–Crippen MR) is 128 cm³/mol. The van der Waals surface area contributed by atoms with E-state index in [4.69, 9.17) is 14.5 Å². The van der Waals surface area contributed by atoms with Crippen molar-refractivity contribution in [2.75, 3.05) is 20.7 Å². The first-order valence-electron chi connectivity index (χ1n) is 11.0. The van der Waals surface area contributed by atoms with Crippen molar-refractivity contribution in [2.45, 2.75) is 53.2 Å². The van der Waals surface area contributed by atoms with Crippen molar-refractivity contribution in [1.82, 2.24) is 9.88 Å². The lowest BCUT2D eigenvalue weighted by Gasteiger charge is -2.17. The van der Waals surface area contributed by atoms with Crippen LogP contribution >= 0.6 is 0 Å². The first kappa shape index (κ1) is 23.7. The van der Waals surface area contributed by atoms with Crippen molar-refractivity contribution in [3.8, 4) is 22.8 Å². The maximum Gasteiger partial charge on any atom is 0.131 e. The van der Waals surface area contributed by atoms with Crippen LogP contribution in [-0.2, 0) is 0 Å². The highest BCUT2D eigenvalue weighted by atomic mass is 16.5. The molecule has 0 amide bonds. The first-order chi connectivity index (χ1) is 14.6. The lowest BCUT2D eigenvalue weighted by atomic mass is 10.1. The molecule has 1 fully saturated rings. The molecule has 2 aromatic carbocycles. The molecule has 3 aromatic rings. The van der Waals surface area contributed by atoms with E-state index in [1.165, 1.54) is 0 Å². The van der Waals surface area contributed by atoms with Crippen LogP contribution in [0, 0.1) is 0 Å². The van der Waals surface area contributed by atoms with Gasteiger partial charge in [-0.3, -0.25) is 4.90 Å². The molecule has 0 saturated carbocycles. The second-order valence-corrected chi connectivity index (χ2v) is 7.02. The van der Waals surface area contributed by atoms with Gasteiger partial charge in [0, 0.05) is 42.1 Å². The van der Waals surface area contributed by atoms with Crippen molar-refractivity contribution in [1.29, 1.82) is 0 Å². The summed E-state index contributed by atoms with van der Waals surface area (Å²) in [7, 11) is 3.83. The molecule has 4 heteroatoms. The topological polar surface area (TPSA) is 34.6 Å². The van der Waals surface area contributed by atoms with Gasteiger partial charge in [0.25, 0.3) is 0 Å². The van der Waals surface area contributed by atoms with Gasteiger partial charge in [0.1, 0.15) is 17.6 Å². The molecule has 162 valence electrons. The van der Waals surface area contributed by atoms with Crippen molar-refractivity contribution >= 4 is 10.9 Å². The lowest BCUT2D eigenvalue weighted by molar-refractivity contribution is 0.210. The number of fused-ring (bicyclic) bond motifs is 1. The molecular formula is C26H36N2O2. The van der Waals surface area contributed by atoms with Crippen LogP contribution in [0.2, 0.25) is 0 Å². The molecule has 1 aliphatic rings. The lowest BCUT2D eigenvalue weighted by Crippen LogP contribution is -2.23. The molecular weight excluding hydrogens is 372 g/mol. The van der Waals surface area contributed by atoms with E-state index in [-0.39, 0.29) is 6.10 Å². The summed E-state index contributed by atoms with van der Waals surface area (Å²) < 4.78 is 11.8. The van der Waals surface area contributed by atoms with Crippen LogP contribution in [0.3, 0.4) is 0 Å². The van der Waals surface area contributed by atoms with Crippen LogP contribution in [0.4, 0.5) is 0 Å². The maximum absolute atomic E-state index is 6.44. The third-order valence-electron chi connectivity index (χ3n) is 5.19. The fraction of sp³-hybridized carbons (Fsp3) is 0.423. The molecule has 2 heterocycles. The monoisotopic (exact) mass is 408 g/mol. The van der Waals surface area contributed by atoms with Crippen LogP contribution in [0.25, 0.3) is 22.2 Å². The number of methoxy groups -OCH3 is 1. The van der Waals surface area contributed by atoms with Gasteiger partial charge in [-0.05, 0) is 26.1 Å². The molecule has 0 radical (unpaired) electrons. The summed E-state index contributed by atoms with van der Waals surface area (Å²) in [5, 5.41) is 1.02. The molecule has 30 heavy (non-hydrogen) atoms. The number of hydrogen-bond acceptors (Lipinski definition) is 4.